The van der Waals surface area contributed by atoms with Gasteiger partial charge < -0.3 is 8.98 Å². The summed E-state index contributed by atoms with van der Waals surface area (Å²) in [5.41, 5.74) is 14.6. The van der Waals surface area contributed by atoms with Gasteiger partial charge in [0.1, 0.15) is 11.2 Å². The molecule has 0 spiro atoms. The molecule has 290 valence electrons. The molecule has 9 aromatic carbocycles. The lowest BCUT2D eigenvalue weighted by Gasteiger charge is -2.09. The van der Waals surface area contributed by atoms with E-state index in [1.807, 2.05) is 36.4 Å². The van der Waals surface area contributed by atoms with Crippen LogP contribution in [0.2, 0.25) is 0 Å². The Bertz CT molecular complexity index is 3610. The Morgan fingerprint density at radius 3 is 1.24 bits per heavy atom. The van der Waals surface area contributed by atoms with Crippen LogP contribution in [0.25, 0.3) is 117 Å². The quantitative estimate of drug-likeness (QED) is 0.161. The van der Waals surface area contributed by atoms with Crippen molar-refractivity contribution in [2.24, 2.45) is 0 Å². The van der Waals surface area contributed by atoms with Gasteiger partial charge in [0.25, 0.3) is 0 Å². The third-order valence-electron chi connectivity index (χ3n) is 11.8. The number of fused-ring (bicyclic) bond motifs is 6. The molecule has 0 aliphatic carbocycles. The fraction of sp³-hybridized carbons (Fsp3) is 0. The summed E-state index contributed by atoms with van der Waals surface area (Å²) in [6.45, 7) is 0. The van der Waals surface area contributed by atoms with Gasteiger partial charge in [0.15, 0.2) is 17.5 Å². The van der Waals surface area contributed by atoms with E-state index in [0.29, 0.717) is 17.5 Å². The van der Waals surface area contributed by atoms with E-state index in [1.54, 1.807) is 0 Å². The minimum Gasteiger partial charge on any atom is -0.456 e. The monoisotopic (exact) mass is 792 g/mol. The highest BCUT2D eigenvalue weighted by Crippen LogP contribution is 2.39. The molecule has 0 saturated heterocycles. The predicted octanol–water partition coefficient (Wildman–Crippen LogP) is 14.9. The number of aromatic nitrogens is 4. The molecular weight excluding hydrogens is 757 g/mol. The van der Waals surface area contributed by atoms with Crippen molar-refractivity contribution in [3.63, 3.8) is 0 Å². The summed E-state index contributed by atoms with van der Waals surface area (Å²) in [6, 6.07) is 76.4. The van der Waals surface area contributed by atoms with Gasteiger partial charge >= 0.3 is 0 Å². The van der Waals surface area contributed by atoms with Gasteiger partial charge in [0.05, 0.1) is 11.0 Å². The average molecular weight is 793 g/mol. The maximum absolute atomic E-state index is 6.68. The number of benzene rings is 9. The summed E-state index contributed by atoms with van der Waals surface area (Å²) < 4.78 is 9.04. The van der Waals surface area contributed by atoms with Gasteiger partial charge in [-0.15, -0.1) is 0 Å². The Morgan fingerprint density at radius 1 is 0.274 bits per heavy atom. The zero-order valence-electron chi connectivity index (χ0n) is 33.5. The standard InChI is InChI=1S/C57H36N4O/c1-5-14-37(15-6-1)40-20-13-21-44(32-40)56-58-55(39-18-9-3-10-19-39)59-57(60-56)45-25-29-48-47-28-24-43(35-53(47)62-54(48)36-45)42-27-31-52-50(34-42)49-33-41(38-16-7-2-8-17-38)26-30-51(49)61(52)46-22-11-4-12-23-46/h1-36H. The molecule has 3 heterocycles. The van der Waals surface area contributed by atoms with E-state index in [4.69, 9.17) is 19.4 Å². The molecule has 5 nitrogen and oxygen atoms in total. The first-order chi connectivity index (χ1) is 30.7. The van der Waals surface area contributed by atoms with Crippen LogP contribution in [0.15, 0.2) is 223 Å². The summed E-state index contributed by atoms with van der Waals surface area (Å²) in [6.07, 6.45) is 0. The summed E-state index contributed by atoms with van der Waals surface area (Å²) in [7, 11) is 0. The molecule has 0 aliphatic rings. The SMILES string of the molecule is c1ccc(-c2cccc(-c3nc(-c4ccccc4)nc(-c4ccc5c(c4)oc4cc(-c6ccc7c(c6)c6cc(-c8ccccc8)ccc6n7-c6ccccc6)ccc45)n3)c2)cc1. The lowest BCUT2D eigenvalue weighted by molar-refractivity contribution is 0.669. The molecule has 0 amide bonds. The van der Waals surface area contributed by atoms with Crippen molar-refractivity contribution < 1.29 is 4.42 Å². The molecule has 12 rings (SSSR count). The number of hydrogen-bond donors (Lipinski definition) is 0. The highest BCUT2D eigenvalue weighted by molar-refractivity contribution is 6.12. The lowest BCUT2D eigenvalue weighted by atomic mass is 9.99. The van der Waals surface area contributed by atoms with Crippen LogP contribution in [-0.4, -0.2) is 19.5 Å². The molecule has 0 radical (unpaired) electrons. The van der Waals surface area contributed by atoms with E-state index in [2.05, 4.69) is 187 Å². The van der Waals surface area contributed by atoms with Crippen molar-refractivity contribution in [1.82, 2.24) is 19.5 Å². The van der Waals surface area contributed by atoms with Crippen molar-refractivity contribution in [2.45, 2.75) is 0 Å². The molecule has 62 heavy (non-hydrogen) atoms. The zero-order chi connectivity index (χ0) is 41.0. The Balaban J connectivity index is 0.953. The molecule has 0 atom stereocenters. The van der Waals surface area contributed by atoms with E-state index in [-0.39, 0.29) is 0 Å². The predicted molar refractivity (Wildman–Crippen MR) is 254 cm³/mol. The molecular formula is C57H36N4O. The van der Waals surface area contributed by atoms with Crippen LogP contribution in [0.3, 0.4) is 0 Å². The van der Waals surface area contributed by atoms with Crippen molar-refractivity contribution >= 4 is 43.7 Å². The number of furan rings is 1. The smallest absolute Gasteiger partial charge is 0.164 e. The summed E-state index contributed by atoms with van der Waals surface area (Å²) in [4.78, 5) is 15.1. The first kappa shape index (κ1) is 35.5. The van der Waals surface area contributed by atoms with E-state index < -0.39 is 0 Å². The molecule has 0 fully saturated rings. The van der Waals surface area contributed by atoms with Crippen LogP contribution in [0.1, 0.15) is 0 Å². The van der Waals surface area contributed by atoms with Crippen LogP contribution in [0, 0.1) is 0 Å². The van der Waals surface area contributed by atoms with E-state index in [0.717, 1.165) is 66.6 Å². The first-order valence-corrected chi connectivity index (χ1v) is 20.8. The second-order valence-corrected chi connectivity index (χ2v) is 15.6. The maximum Gasteiger partial charge on any atom is 0.164 e. The zero-order valence-corrected chi connectivity index (χ0v) is 33.5. The van der Waals surface area contributed by atoms with Gasteiger partial charge in [-0.3, -0.25) is 0 Å². The fourth-order valence-electron chi connectivity index (χ4n) is 8.78. The normalized spacial score (nSPS) is 11.5. The van der Waals surface area contributed by atoms with Crippen LogP contribution in [0.5, 0.6) is 0 Å². The molecule has 5 heteroatoms. The third kappa shape index (κ3) is 6.23. The number of hydrogen-bond acceptors (Lipinski definition) is 4. The summed E-state index contributed by atoms with van der Waals surface area (Å²) in [5.74, 6) is 1.81. The Kier molecular flexibility index (Phi) is 8.42. The fourth-order valence-corrected chi connectivity index (χ4v) is 8.78. The molecule has 3 aromatic heterocycles. The summed E-state index contributed by atoms with van der Waals surface area (Å²) in [5, 5.41) is 4.51. The van der Waals surface area contributed by atoms with Crippen LogP contribution in [-0.2, 0) is 0 Å². The molecule has 0 bridgehead atoms. The van der Waals surface area contributed by atoms with Gasteiger partial charge in [-0.2, -0.15) is 0 Å². The number of rotatable bonds is 7. The van der Waals surface area contributed by atoms with E-state index in [1.165, 1.54) is 32.9 Å². The van der Waals surface area contributed by atoms with Gasteiger partial charge in [-0.25, -0.2) is 15.0 Å². The van der Waals surface area contributed by atoms with E-state index in [9.17, 15) is 0 Å². The van der Waals surface area contributed by atoms with Crippen molar-refractivity contribution in [3.05, 3.63) is 218 Å². The largest absolute Gasteiger partial charge is 0.456 e. The minimum absolute atomic E-state index is 0.584. The van der Waals surface area contributed by atoms with Crippen molar-refractivity contribution in [2.75, 3.05) is 0 Å². The van der Waals surface area contributed by atoms with E-state index >= 15 is 0 Å². The minimum atomic E-state index is 0.584. The second kappa shape index (κ2) is 14.7. The van der Waals surface area contributed by atoms with Gasteiger partial charge in [0.2, 0.25) is 0 Å². The van der Waals surface area contributed by atoms with Gasteiger partial charge in [-0.05, 0) is 100 Å². The Labute approximate surface area is 357 Å². The van der Waals surface area contributed by atoms with Crippen LogP contribution >= 0.6 is 0 Å². The second-order valence-electron chi connectivity index (χ2n) is 15.6. The highest BCUT2D eigenvalue weighted by atomic mass is 16.3. The van der Waals surface area contributed by atoms with Crippen LogP contribution in [0.4, 0.5) is 0 Å². The van der Waals surface area contributed by atoms with Crippen LogP contribution < -0.4 is 0 Å². The third-order valence-corrected chi connectivity index (χ3v) is 11.8. The number of para-hydroxylation sites is 1. The highest BCUT2D eigenvalue weighted by Gasteiger charge is 2.18. The molecule has 12 aromatic rings. The van der Waals surface area contributed by atoms with Gasteiger partial charge in [0, 0.05) is 43.9 Å². The topological polar surface area (TPSA) is 56.7 Å². The lowest BCUT2D eigenvalue weighted by Crippen LogP contribution is -2.00. The first-order valence-electron chi connectivity index (χ1n) is 20.8. The molecule has 0 unspecified atom stereocenters. The summed E-state index contributed by atoms with van der Waals surface area (Å²) >= 11 is 0. The van der Waals surface area contributed by atoms with Crippen molar-refractivity contribution in [1.29, 1.82) is 0 Å². The maximum atomic E-state index is 6.68. The number of nitrogens with zero attached hydrogens (tertiary/aromatic N) is 4. The average Bonchev–Trinajstić information content (AvgIpc) is 3.89. The van der Waals surface area contributed by atoms with Crippen molar-refractivity contribution in [3.8, 4) is 73.2 Å². The Hall–Kier alpha value is -8.41. The van der Waals surface area contributed by atoms with Gasteiger partial charge in [-0.1, -0.05) is 152 Å². The molecule has 0 N–H and O–H groups in total. The molecule has 0 saturated carbocycles. The Morgan fingerprint density at radius 2 is 0.661 bits per heavy atom. The molecule has 0 aliphatic heterocycles.